The van der Waals surface area contributed by atoms with Gasteiger partial charge in [0.1, 0.15) is 11.6 Å². The fraction of sp³-hybridized carbons (Fsp3) is 0.176. The van der Waals surface area contributed by atoms with Gasteiger partial charge in [0.2, 0.25) is 5.91 Å². The van der Waals surface area contributed by atoms with Gasteiger partial charge in [0, 0.05) is 22.3 Å². The third-order valence-electron chi connectivity index (χ3n) is 3.22. The van der Waals surface area contributed by atoms with Crippen LogP contribution in [-0.4, -0.2) is 25.6 Å². The number of hydrogen-bond donors (Lipinski definition) is 3. The van der Waals surface area contributed by atoms with E-state index < -0.39 is 17.8 Å². The van der Waals surface area contributed by atoms with Crippen molar-refractivity contribution < 1.29 is 18.7 Å². The molecule has 0 unspecified atom stereocenters. The minimum atomic E-state index is -0.490. The lowest BCUT2D eigenvalue weighted by Crippen LogP contribution is -2.39. The molecule has 2 aromatic rings. The molecule has 0 bridgehead atoms. The third kappa shape index (κ3) is 6.07. The first kappa shape index (κ1) is 18.7. The number of carbonyl (C=O) groups is 2. The molecule has 0 aliphatic carbocycles. The van der Waals surface area contributed by atoms with Crippen molar-refractivity contribution in [2.24, 2.45) is 0 Å². The Bertz CT molecular complexity index is 753. The number of urea groups is 1. The molecule has 3 N–H and O–H groups in total. The van der Waals surface area contributed by atoms with E-state index in [4.69, 9.17) is 4.74 Å². The van der Waals surface area contributed by atoms with Crippen LogP contribution in [0, 0.1) is 5.82 Å². The maximum atomic E-state index is 12.8. The lowest BCUT2D eigenvalue weighted by Gasteiger charge is -2.11. The maximum Gasteiger partial charge on any atom is 0.315 e. The highest BCUT2D eigenvalue weighted by Gasteiger charge is 2.08. The van der Waals surface area contributed by atoms with Crippen molar-refractivity contribution in [1.29, 1.82) is 0 Å². The van der Waals surface area contributed by atoms with E-state index in [9.17, 15) is 14.0 Å². The molecule has 0 heterocycles. The highest BCUT2D eigenvalue weighted by Crippen LogP contribution is 2.22. The second-order valence-electron chi connectivity index (χ2n) is 5.05. The number of hydrogen-bond acceptors (Lipinski definition) is 3. The molecule has 2 aromatic carbocycles. The van der Waals surface area contributed by atoms with Crippen molar-refractivity contribution in [1.82, 2.24) is 10.6 Å². The number of anilines is 1. The number of carbonyl (C=O) groups excluding carboxylic acids is 2. The fourth-order valence-electron chi connectivity index (χ4n) is 2.02. The Morgan fingerprint density at radius 3 is 2.52 bits per heavy atom. The monoisotopic (exact) mass is 409 g/mol. The van der Waals surface area contributed by atoms with E-state index in [0.29, 0.717) is 11.4 Å². The second-order valence-corrected chi connectivity index (χ2v) is 5.96. The van der Waals surface area contributed by atoms with Gasteiger partial charge >= 0.3 is 6.03 Å². The average molecular weight is 410 g/mol. The summed E-state index contributed by atoms with van der Waals surface area (Å²) in [4.78, 5) is 23.5. The molecule has 8 heteroatoms. The third-order valence-corrected chi connectivity index (χ3v) is 3.71. The summed E-state index contributed by atoms with van der Waals surface area (Å²) in [5.41, 5.74) is 1.25. The first-order valence-corrected chi connectivity index (χ1v) is 8.17. The van der Waals surface area contributed by atoms with Crippen molar-refractivity contribution in [3.8, 4) is 5.75 Å². The van der Waals surface area contributed by atoms with Crippen LogP contribution >= 0.6 is 15.9 Å². The molecule has 0 fully saturated rings. The SMILES string of the molecule is COc1ccc(Br)cc1CNC(=O)NCC(=O)Nc1ccc(F)cc1. The lowest BCUT2D eigenvalue weighted by atomic mass is 10.2. The molecule has 132 valence electrons. The minimum absolute atomic E-state index is 0.209. The molecule has 0 aromatic heterocycles. The van der Waals surface area contributed by atoms with Gasteiger partial charge in [0.15, 0.2) is 0 Å². The van der Waals surface area contributed by atoms with Gasteiger partial charge in [-0.25, -0.2) is 9.18 Å². The number of methoxy groups -OCH3 is 1. The zero-order valence-corrected chi connectivity index (χ0v) is 15.0. The predicted octanol–water partition coefficient (Wildman–Crippen LogP) is 3.03. The van der Waals surface area contributed by atoms with Crippen LogP contribution in [0.5, 0.6) is 5.75 Å². The van der Waals surface area contributed by atoms with Crippen LogP contribution in [0.2, 0.25) is 0 Å². The smallest absolute Gasteiger partial charge is 0.315 e. The number of amides is 3. The van der Waals surface area contributed by atoms with Gasteiger partial charge in [-0.15, -0.1) is 0 Å². The summed E-state index contributed by atoms with van der Waals surface area (Å²) in [6, 6.07) is 10.3. The number of benzene rings is 2. The Balaban J connectivity index is 1.78. The largest absolute Gasteiger partial charge is 0.496 e. The summed E-state index contributed by atoms with van der Waals surface area (Å²) in [6.45, 7) is 0.0346. The molecular weight excluding hydrogens is 393 g/mol. The normalized spacial score (nSPS) is 10.0. The number of nitrogens with one attached hydrogen (secondary N) is 3. The second kappa shape index (κ2) is 9.03. The lowest BCUT2D eigenvalue weighted by molar-refractivity contribution is -0.115. The summed E-state index contributed by atoms with van der Waals surface area (Å²) in [5, 5.41) is 7.64. The number of ether oxygens (including phenoxy) is 1. The van der Waals surface area contributed by atoms with Gasteiger partial charge in [0.25, 0.3) is 0 Å². The maximum absolute atomic E-state index is 12.8. The van der Waals surface area contributed by atoms with Gasteiger partial charge in [-0.05, 0) is 42.5 Å². The highest BCUT2D eigenvalue weighted by molar-refractivity contribution is 9.10. The predicted molar refractivity (Wildman–Crippen MR) is 96.0 cm³/mol. The van der Waals surface area contributed by atoms with Crippen molar-refractivity contribution in [2.75, 3.05) is 19.0 Å². The van der Waals surface area contributed by atoms with E-state index in [1.165, 1.54) is 24.3 Å². The highest BCUT2D eigenvalue weighted by atomic mass is 79.9. The topological polar surface area (TPSA) is 79.5 Å². The number of rotatable bonds is 6. The van der Waals surface area contributed by atoms with Crippen LogP contribution in [0.1, 0.15) is 5.56 Å². The molecule has 25 heavy (non-hydrogen) atoms. The Morgan fingerprint density at radius 2 is 1.84 bits per heavy atom. The van der Waals surface area contributed by atoms with Crippen LogP contribution < -0.4 is 20.7 Å². The average Bonchev–Trinajstić information content (AvgIpc) is 2.60. The minimum Gasteiger partial charge on any atom is -0.496 e. The van der Waals surface area contributed by atoms with E-state index in [0.717, 1.165) is 10.0 Å². The molecule has 0 aliphatic rings. The van der Waals surface area contributed by atoms with E-state index in [1.807, 2.05) is 12.1 Å². The molecule has 0 aliphatic heterocycles. The van der Waals surface area contributed by atoms with E-state index in [-0.39, 0.29) is 13.1 Å². The zero-order valence-electron chi connectivity index (χ0n) is 13.4. The van der Waals surface area contributed by atoms with Crippen molar-refractivity contribution in [2.45, 2.75) is 6.54 Å². The zero-order chi connectivity index (χ0) is 18.2. The van der Waals surface area contributed by atoms with Crippen LogP contribution in [-0.2, 0) is 11.3 Å². The van der Waals surface area contributed by atoms with E-state index >= 15 is 0 Å². The molecule has 2 rings (SSSR count). The Labute approximate surface area is 152 Å². The quantitative estimate of drug-likeness (QED) is 0.685. The van der Waals surface area contributed by atoms with Crippen molar-refractivity contribution >= 4 is 33.6 Å². The van der Waals surface area contributed by atoms with Gasteiger partial charge in [-0.1, -0.05) is 15.9 Å². The van der Waals surface area contributed by atoms with Crippen LogP contribution in [0.3, 0.4) is 0 Å². The molecule has 0 radical (unpaired) electrons. The summed E-state index contributed by atoms with van der Waals surface area (Å²) in [5.74, 6) is -0.155. The first-order chi connectivity index (χ1) is 12.0. The molecule has 0 spiro atoms. The summed E-state index contributed by atoms with van der Waals surface area (Å²) < 4.78 is 18.9. The molecule has 6 nitrogen and oxygen atoms in total. The summed E-state index contributed by atoms with van der Waals surface area (Å²) in [7, 11) is 1.55. The van der Waals surface area contributed by atoms with Crippen molar-refractivity contribution in [3.63, 3.8) is 0 Å². The van der Waals surface area contributed by atoms with Crippen LogP contribution in [0.4, 0.5) is 14.9 Å². The standard InChI is InChI=1S/C17H17BrFN3O3/c1-25-15-7-2-12(18)8-11(15)9-20-17(24)21-10-16(23)22-14-5-3-13(19)4-6-14/h2-8H,9-10H2,1H3,(H,22,23)(H2,20,21,24). The Hall–Kier alpha value is -2.61. The van der Waals surface area contributed by atoms with Gasteiger partial charge in [0.05, 0.1) is 13.7 Å². The summed E-state index contributed by atoms with van der Waals surface area (Å²) in [6.07, 6.45) is 0. The van der Waals surface area contributed by atoms with Crippen molar-refractivity contribution in [3.05, 3.63) is 58.3 Å². The van der Waals surface area contributed by atoms with Crippen LogP contribution in [0.25, 0.3) is 0 Å². The first-order valence-electron chi connectivity index (χ1n) is 7.37. The molecule has 3 amide bonds. The van der Waals surface area contributed by atoms with Gasteiger partial charge in [-0.2, -0.15) is 0 Å². The molecular formula is C17H17BrFN3O3. The van der Waals surface area contributed by atoms with Gasteiger partial charge < -0.3 is 20.7 Å². The van der Waals surface area contributed by atoms with Crippen LogP contribution in [0.15, 0.2) is 46.9 Å². The Morgan fingerprint density at radius 1 is 1.12 bits per heavy atom. The fourth-order valence-corrected chi connectivity index (χ4v) is 2.43. The summed E-state index contributed by atoms with van der Waals surface area (Å²) >= 11 is 3.36. The molecule has 0 saturated heterocycles. The molecule has 0 atom stereocenters. The van der Waals surface area contributed by atoms with E-state index in [1.54, 1.807) is 13.2 Å². The van der Waals surface area contributed by atoms with Gasteiger partial charge in [-0.3, -0.25) is 4.79 Å². The number of halogens is 2. The molecule has 0 saturated carbocycles. The Kier molecular flexibility index (Phi) is 6.76. The van der Waals surface area contributed by atoms with E-state index in [2.05, 4.69) is 31.9 Å².